The van der Waals surface area contributed by atoms with Crippen molar-refractivity contribution in [2.75, 3.05) is 13.2 Å². The van der Waals surface area contributed by atoms with Gasteiger partial charge in [0.15, 0.2) is 5.41 Å². The van der Waals surface area contributed by atoms with Crippen molar-refractivity contribution in [3.63, 3.8) is 0 Å². The highest BCUT2D eigenvalue weighted by molar-refractivity contribution is 6.13. The summed E-state index contributed by atoms with van der Waals surface area (Å²) < 4.78 is 87.3. The molecule has 0 saturated carbocycles. The molecule has 3 radical (unpaired) electrons. The number of hydrogen-bond acceptors (Lipinski definition) is 2. The second-order valence-corrected chi connectivity index (χ2v) is 4.94. The Morgan fingerprint density at radius 2 is 1.09 bits per heavy atom. The van der Waals surface area contributed by atoms with E-state index in [9.17, 15) is 26.3 Å². The van der Waals surface area contributed by atoms with Gasteiger partial charge in [-0.15, -0.1) is 0 Å². The summed E-state index contributed by atoms with van der Waals surface area (Å²) in [5, 5.41) is 0. The number of benzene rings is 1. The van der Waals surface area contributed by atoms with Crippen molar-refractivity contribution in [2.45, 2.75) is 31.6 Å². The molecule has 0 saturated heterocycles. The van der Waals surface area contributed by atoms with Crippen molar-refractivity contribution in [3.05, 3.63) is 34.9 Å². The van der Waals surface area contributed by atoms with Crippen LogP contribution in [0.25, 0.3) is 0 Å². The molecule has 1 aromatic carbocycles. The molecule has 0 aliphatic heterocycles. The summed E-state index contributed by atoms with van der Waals surface area (Å²) >= 11 is 0. The maximum Gasteiger partial charge on any atom is 0.416 e. The molecular formula is C13H13F6O2Si. The van der Waals surface area contributed by atoms with E-state index in [0.29, 0.717) is 12.1 Å². The van der Waals surface area contributed by atoms with Gasteiger partial charge in [0.1, 0.15) is 10.2 Å². The van der Waals surface area contributed by atoms with Gasteiger partial charge >= 0.3 is 12.4 Å². The minimum Gasteiger partial charge on any atom is -0.351 e. The van der Waals surface area contributed by atoms with Crippen LogP contribution in [-0.4, -0.2) is 23.5 Å². The second kappa shape index (κ2) is 6.59. The number of halogens is 6. The van der Waals surface area contributed by atoms with Gasteiger partial charge in [0, 0.05) is 18.8 Å². The number of ether oxygens (including phenoxy) is 2. The van der Waals surface area contributed by atoms with Crippen molar-refractivity contribution in [1.29, 1.82) is 0 Å². The summed E-state index contributed by atoms with van der Waals surface area (Å²) in [5.41, 5.74) is -5.17. The van der Waals surface area contributed by atoms with E-state index in [0.717, 1.165) is 0 Å². The predicted octanol–water partition coefficient (Wildman–Crippen LogP) is 4.08. The van der Waals surface area contributed by atoms with Gasteiger partial charge in [-0.3, -0.25) is 0 Å². The molecule has 0 unspecified atom stereocenters. The van der Waals surface area contributed by atoms with Gasteiger partial charge in [-0.1, -0.05) is 0 Å². The molecule has 1 rings (SSSR count). The van der Waals surface area contributed by atoms with Crippen LogP contribution in [0.2, 0.25) is 0 Å². The number of alkyl halides is 6. The quantitative estimate of drug-likeness (QED) is 0.456. The first kappa shape index (κ1) is 19.0. The summed E-state index contributed by atoms with van der Waals surface area (Å²) in [5.74, 6) is 0. The van der Waals surface area contributed by atoms with Crippen molar-refractivity contribution >= 4 is 10.2 Å². The third-order valence-electron chi connectivity index (χ3n) is 2.66. The molecule has 1 aromatic rings. The van der Waals surface area contributed by atoms with Gasteiger partial charge < -0.3 is 9.47 Å². The lowest BCUT2D eigenvalue weighted by atomic mass is 10.0. The molecule has 123 valence electrons. The SMILES string of the molecule is CCOC([Si])(OCC)c1cc(C(F)(F)F)cc(C(F)(F)F)c1. The lowest BCUT2D eigenvalue weighted by molar-refractivity contribution is -0.181. The fourth-order valence-electron chi connectivity index (χ4n) is 1.76. The maximum absolute atomic E-state index is 12.8. The predicted molar refractivity (Wildman–Crippen MR) is 67.1 cm³/mol. The van der Waals surface area contributed by atoms with Gasteiger partial charge in [0.25, 0.3) is 0 Å². The van der Waals surface area contributed by atoms with Crippen LogP contribution in [0.4, 0.5) is 26.3 Å². The van der Waals surface area contributed by atoms with Crippen LogP contribution in [-0.2, 0) is 27.2 Å². The average molecular weight is 343 g/mol. The zero-order valence-corrected chi connectivity index (χ0v) is 12.7. The lowest BCUT2D eigenvalue weighted by Crippen LogP contribution is -2.34. The molecule has 2 nitrogen and oxygen atoms in total. The van der Waals surface area contributed by atoms with E-state index in [1.165, 1.54) is 13.8 Å². The molecule has 22 heavy (non-hydrogen) atoms. The topological polar surface area (TPSA) is 18.5 Å². The molecule has 0 amide bonds. The zero-order valence-electron chi connectivity index (χ0n) is 11.7. The van der Waals surface area contributed by atoms with Gasteiger partial charge in [0.05, 0.1) is 11.1 Å². The average Bonchev–Trinajstić information content (AvgIpc) is 2.36. The third kappa shape index (κ3) is 4.47. The Morgan fingerprint density at radius 3 is 1.36 bits per heavy atom. The maximum atomic E-state index is 12.8. The molecule has 0 N–H and O–H groups in total. The van der Waals surface area contributed by atoms with Crippen molar-refractivity contribution in [1.82, 2.24) is 0 Å². The monoisotopic (exact) mass is 343 g/mol. The van der Waals surface area contributed by atoms with E-state index < -0.39 is 34.5 Å². The first-order valence-corrected chi connectivity index (χ1v) is 6.77. The molecule has 9 heteroatoms. The highest BCUT2D eigenvalue weighted by Crippen LogP contribution is 2.38. The van der Waals surface area contributed by atoms with Crippen molar-refractivity contribution < 1.29 is 35.8 Å². The van der Waals surface area contributed by atoms with Crippen molar-refractivity contribution in [3.8, 4) is 0 Å². The molecule has 0 aliphatic carbocycles. The van der Waals surface area contributed by atoms with Crippen LogP contribution in [0.3, 0.4) is 0 Å². The fraction of sp³-hybridized carbons (Fsp3) is 0.538. The van der Waals surface area contributed by atoms with Crippen LogP contribution in [0.5, 0.6) is 0 Å². The molecule has 0 aromatic heterocycles. The Bertz CT molecular complexity index is 474. The van der Waals surface area contributed by atoms with Gasteiger partial charge in [0.2, 0.25) is 0 Å². The first-order chi connectivity index (χ1) is 9.94. The first-order valence-electron chi connectivity index (χ1n) is 6.27. The molecule has 0 spiro atoms. The molecule has 0 bridgehead atoms. The molecule has 0 aliphatic rings. The standard InChI is InChI=1S/C13H13F6O2Si/c1-3-20-13(22,21-4-2)10-6-8(11(14,15)16)5-9(7-10)12(17,18)19/h5-7H,3-4H2,1-2H3. The van der Waals surface area contributed by atoms with Crippen LogP contribution in [0, 0.1) is 0 Å². The van der Waals surface area contributed by atoms with Crippen LogP contribution >= 0.6 is 0 Å². The second-order valence-electron chi connectivity index (χ2n) is 4.28. The Morgan fingerprint density at radius 1 is 0.773 bits per heavy atom. The molecule has 0 atom stereocenters. The smallest absolute Gasteiger partial charge is 0.351 e. The molecule has 0 fully saturated rings. The molecular weight excluding hydrogens is 330 g/mol. The van der Waals surface area contributed by atoms with E-state index in [1.807, 2.05) is 0 Å². The summed E-state index contributed by atoms with van der Waals surface area (Å²) in [4.78, 5) is 0. The van der Waals surface area contributed by atoms with E-state index in [4.69, 9.17) is 9.47 Å². The number of hydrogen-bond donors (Lipinski definition) is 0. The van der Waals surface area contributed by atoms with Gasteiger partial charge in [-0.05, 0) is 32.0 Å². The normalized spacial score (nSPS) is 13.5. The highest BCUT2D eigenvalue weighted by atomic mass is 28.1. The van der Waals surface area contributed by atoms with Crippen molar-refractivity contribution in [2.24, 2.45) is 0 Å². The van der Waals surface area contributed by atoms with Gasteiger partial charge in [-0.25, -0.2) is 0 Å². The minimum absolute atomic E-state index is 0.0150. The largest absolute Gasteiger partial charge is 0.416 e. The summed E-state index contributed by atoms with van der Waals surface area (Å²) in [6.07, 6.45) is -9.86. The third-order valence-corrected chi connectivity index (χ3v) is 3.24. The van der Waals surface area contributed by atoms with Crippen LogP contribution in [0.15, 0.2) is 18.2 Å². The summed E-state index contributed by atoms with van der Waals surface area (Å²) in [7, 11) is 3.00. The minimum atomic E-state index is -4.93. The van der Waals surface area contributed by atoms with Crippen LogP contribution < -0.4 is 0 Å². The molecule has 0 heterocycles. The van der Waals surface area contributed by atoms with Gasteiger partial charge in [-0.2, -0.15) is 26.3 Å². The van der Waals surface area contributed by atoms with E-state index >= 15 is 0 Å². The van der Waals surface area contributed by atoms with E-state index in [1.54, 1.807) is 0 Å². The summed E-state index contributed by atoms with van der Waals surface area (Å²) in [6.45, 7) is 3.10. The Hall–Kier alpha value is -1.06. The fourth-order valence-corrected chi connectivity index (χ4v) is 2.19. The van der Waals surface area contributed by atoms with E-state index in [2.05, 4.69) is 10.2 Å². The Kier molecular flexibility index (Phi) is 5.69. The highest BCUT2D eigenvalue weighted by Gasteiger charge is 2.39. The summed E-state index contributed by atoms with van der Waals surface area (Å²) in [6, 6.07) is 1.18. The van der Waals surface area contributed by atoms with E-state index in [-0.39, 0.29) is 19.3 Å². The Labute approximate surface area is 126 Å². The Balaban J connectivity index is 3.52. The number of rotatable bonds is 5. The lowest BCUT2D eigenvalue weighted by Gasteiger charge is -2.31. The zero-order chi connectivity index (χ0) is 17.2. The van der Waals surface area contributed by atoms with Crippen LogP contribution in [0.1, 0.15) is 30.5 Å².